The number of carbonyl (C=O) groups is 1. The number of carboxylic acid groups (broad SMARTS) is 1. The topological polar surface area (TPSA) is 68.7 Å². The molecule has 2 heterocycles. The highest BCUT2D eigenvalue weighted by Gasteiger charge is 2.21. The van der Waals surface area contributed by atoms with Gasteiger partial charge in [0.15, 0.2) is 5.13 Å². The Hall–Kier alpha value is -1.18. The van der Waals surface area contributed by atoms with Gasteiger partial charge < -0.3 is 10.0 Å². The molecule has 0 unspecified atom stereocenters. The van der Waals surface area contributed by atoms with Gasteiger partial charge in [0.2, 0.25) is 0 Å². The van der Waals surface area contributed by atoms with Crippen LogP contribution in [0.4, 0.5) is 9.93 Å². The van der Waals surface area contributed by atoms with Crippen LogP contribution in [-0.2, 0) is 6.54 Å². The molecule has 1 aromatic rings. The van der Waals surface area contributed by atoms with E-state index in [1.165, 1.54) is 24.2 Å². The Morgan fingerprint density at radius 3 is 2.84 bits per heavy atom. The summed E-state index contributed by atoms with van der Waals surface area (Å²) in [5, 5.41) is 13.3. The monoisotopic (exact) mass is 284 g/mol. The number of thiazole rings is 1. The molecule has 1 amide bonds. The molecular weight excluding hydrogens is 264 g/mol. The summed E-state index contributed by atoms with van der Waals surface area (Å²) in [4.78, 5) is 19.4. The molecule has 1 aliphatic heterocycles. The van der Waals surface area contributed by atoms with E-state index in [2.05, 4.69) is 34.2 Å². The molecule has 0 aromatic carbocycles. The minimum atomic E-state index is -1.06. The molecule has 0 spiro atoms. The number of piperidine rings is 1. The minimum Gasteiger partial charge on any atom is -0.465 e. The van der Waals surface area contributed by atoms with E-state index in [1.54, 1.807) is 0 Å². The molecule has 0 bridgehead atoms. The number of nitrogens with zero attached hydrogens (tertiary/aromatic N) is 3. The van der Waals surface area contributed by atoms with E-state index in [-0.39, 0.29) is 0 Å². The van der Waals surface area contributed by atoms with Gasteiger partial charge >= 0.3 is 6.09 Å². The van der Waals surface area contributed by atoms with Gasteiger partial charge in [-0.1, -0.05) is 0 Å². The maximum absolute atomic E-state index is 10.5. The van der Waals surface area contributed by atoms with Crippen molar-refractivity contribution >= 4 is 22.6 Å². The number of anilines is 1. The first kappa shape index (κ1) is 14.2. The second kappa shape index (κ2) is 6.31. The fraction of sp³-hybridized carbons (Fsp3) is 0.667. The van der Waals surface area contributed by atoms with Gasteiger partial charge in [-0.15, -0.1) is 11.3 Å². The second-order valence-corrected chi connectivity index (χ2v) is 5.90. The molecule has 1 saturated heterocycles. The zero-order chi connectivity index (χ0) is 13.8. The fourth-order valence-corrected chi connectivity index (χ4v) is 3.04. The molecule has 0 radical (unpaired) electrons. The van der Waals surface area contributed by atoms with Gasteiger partial charge in [0, 0.05) is 31.1 Å². The molecule has 1 aliphatic rings. The Kier molecular flexibility index (Phi) is 4.73. The maximum atomic E-state index is 10.5. The minimum absolute atomic E-state index is 0.450. The summed E-state index contributed by atoms with van der Waals surface area (Å²) < 4.78 is 0. The van der Waals surface area contributed by atoms with Gasteiger partial charge in [0.05, 0.1) is 5.69 Å². The molecule has 106 valence electrons. The quantitative estimate of drug-likeness (QED) is 0.881. The Morgan fingerprint density at radius 1 is 1.58 bits per heavy atom. The number of aromatic nitrogens is 1. The standard InChI is InChI=1S/C12H20N4O2S/c1-15(2)10-3-5-16(6-4-10)7-9-8-19-11(13-9)14-12(17)18/h8,10H,3-7H2,1-2H3,(H,13,14)(H,17,18). The van der Waals surface area contributed by atoms with Crippen molar-refractivity contribution in [3.8, 4) is 0 Å². The summed E-state index contributed by atoms with van der Waals surface area (Å²) in [7, 11) is 4.26. The van der Waals surface area contributed by atoms with E-state index in [1.807, 2.05) is 5.38 Å². The Balaban J connectivity index is 1.82. The van der Waals surface area contributed by atoms with Crippen molar-refractivity contribution in [1.82, 2.24) is 14.8 Å². The fourth-order valence-electron chi connectivity index (χ4n) is 2.35. The Labute approximate surface area is 117 Å². The van der Waals surface area contributed by atoms with Crippen LogP contribution in [0.1, 0.15) is 18.5 Å². The predicted octanol–water partition coefficient (Wildman–Crippen LogP) is 1.76. The molecule has 0 saturated carbocycles. The summed E-state index contributed by atoms with van der Waals surface area (Å²) >= 11 is 1.33. The third kappa shape index (κ3) is 4.15. The van der Waals surface area contributed by atoms with Crippen molar-refractivity contribution < 1.29 is 9.90 Å². The normalized spacial score (nSPS) is 17.8. The molecule has 7 heteroatoms. The van der Waals surface area contributed by atoms with Crippen molar-refractivity contribution in [2.45, 2.75) is 25.4 Å². The molecule has 6 nitrogen and oxygen atoms in total. The third-order valence-corrected chi connectivity index (χ3v) is 4.25. The van der Waals surface area contributed by atoms with Crippen LogP contribution >= 0.6 is 11.3 Å². The van der Waals surface area contributed by atoms with Crippen molar-refractivity contribution in [1.29, 1.82) is 0 Å². The predicted molar refractivity (Wildman–Crippen MR) is 75.7 cm³/mol. The summed E-state index contributed by atoms with van der Waals surface area (Å²) in [5.41, 5.74) is 0.942. The number of rotatable bonds is 4. The SMILES string of the molecule is CN(C)C1CCN(Cc2csc(NC(=O)O)n2)CC1. The largest absolute Gasteiger partial charge is 0.465 e. The molecule has 19 heavy (non-hydrogen) atoms. The van der Waals surface area contributed by atoms with Crippen molar-refractivity contribution in [3.63, 3.8) is 0 Å². The van der Waals surface area contributed by atoms with Crippen LogP contribution < -0.4 is 5.32 Å². The van der Waals surface area contributed by atoms with Gasteiger partial charge in [-0.3, -0.25) is 10.2 Å². The molecular formula is C12H20N4O2S. The van der Waals surface area contributed by atoms with Gasteiger partial charge in [-0.05, 0) is 26.9 Å². The average Bonchev–Trinajstić information content (AvgIpc) is 2.76. The Morgan fingerprint density at radius 2 is 2.26 bits per heavy atom. The number of amides is 1. The van der Waals surface area contributed by atoms with E-state index < -0.39 is 6.09 Å². The van der Waals surface area contributed by atoms with Crippen LogP contribution in [0.3, 0.4) is 0 Å². The van der Waals surface area contributed by atoms with E-state index in [4.69, 9.17) is 5.11 Å². The molecule has 2 N–H and O–H groups in total. The summed E-state index contributed by atoms with van der Waals surface area (Å²) in [6.45, 7) is 2.95. The lowest BCUT2D eigenvalue weighted by Crippen LogP contribution is -2.41. The number of hydrogen-bond acceptors (Lipinski definition) is 5. The lowest BCUT2D eigenvalue weighted by molar-refractivity contribution is 0.139. The van der Waals surface area contributed by atoms with E-state index in [0.29, 0.717) is 11.2 Å². The van der Waals surface area contributed by atoms with Crippen molar-refractivity contribution in [2.24, 2.45) is 0 Å². The number of nitrogens with one attached hydrogen (secondary N) is 1. The summed E-state index contributed by atoms with van der Waals surface area (Å²) in [6, 6.07) is 0.677. The second-order valence-electron chi connectivity index (χ2n) is 5.05. The highest BCUT2D eigenvalue weighted by Crippen LogP contribution is 2.20. The van der Waals surface area contributed by atoms with Gasteiger partial charge in [-0.2, -0.15) is 0 Å². The zero-order valence-corrected chi connectivity index (χ0v) is 12.1. The lowest BCUT2D eigenvalue weighted by Gasteiger charge is -2.34. The summed E-state index contributed by atoms with van der Waals surface area (Å²) in [5.74, 6) is 0. The van der Waals surface area contributed by atoms with Crippen LogP contribution in [0.25, 0.3) is 0 Å². The number of hydrogen-bond donors (Lipinski definition) is 2. The number of likely N-dealkylation sites (tertiary alicyclic amines) is 1. The highest BCUT2D eigenvalue weighted by molar-refractivity contribution is 7.13. The third-order valence-electron chi connectivity index (χ3n) is 3.44. The van der Waals surface area contributed by atoms with Crippen LogP contribution in [-0.4, -0.2) is 59.2 Å². The van der Waals surface area contributed by atoms with Crippen molar-refractivity contribution in [3.05, 3.63) is 11.1 Å². The molecule has 0 atom stereocenters. The van der Waals surface area contributed by atoms with Crippen LogP contribution in [0, 0.1) is 0 Å². The van der Waals surface area contributed by atoms with Crippen molar-refractivity contribution in [2.75, 3.05) is 32.5 Å². The first-order valence-electron chi connectivity index (χ1n) is 6.37. The first-order chi connectivity index (χ1) is 9.04. The molecule has 1 aromatic heterocycles. The van der Waals surface area contributed by atoms with Gasteiger partial charge in [0.25, 0.3) is 0 Å². The molecule has 2 rings (SSSR count). The van der Waals surface area contributed by atoms with E-state index in [9.17, 15) is 4.79 Å². The Bertz CT molecular complexity index is 427. The van der Waals surface area contributed by atoms with Gasteiger partial charge in [-0.25, -0.2) is 9.78 Å². The summed E-state index contributed by atoms with van der Waals surface area (Å²) in [6.07, 6.45) is 1.29. The first-order valence-corrected chi connectivity index (χ1v) is 7.25. The molecule has 1 fully saturated rings. The van der Waals surface area contributed by atoms with Crippen LogP contribution in [0.2, 0.25) is 0 Å². The lowest BCUT2D eigenvalue weighted by atomic mass is 10.0. The van der Waals surface area contributed by atoms with E-state index in [0.717, 1.165) is 25.3 Å². The van der Waals surface area contributed by atoms with Gasteiger partial charge in [0.1, 0.15) is 0 Å². The van der Waals surface area contributed by atoms with Crippen LogP contribution in [0.5, 0.6) is 0 Å². The van der Waals surface area contributed by atoms with Crippen LogP contribution in [0.15, 0.2) is 5.38 Å². The highest BCUT2D eigenvalue weighted by atomic mass is 32.1. The molecule has 0 aliphatic carbocycles. The smallest absolute Gasteiger partial charge is 0.410 e. The zero-order valence-electron chi connectivity index (χ0n) is 11.3. The average molecular weight is 284 g/mol. The maximum Gasteiger partial charge on any atom is 0.410 e. The van der Waals surface area contributed by atoms with E-state index >= 15 is 0 Å².